The highest BCUT2D eigenvalue weighted by Crippen LogP contribution is 2.17. The van der Waals surface area contributed by atoms with Crippen LogP contribution in [-0.2, 0) is 14.3 Å². The summed E-state index contributed by atoms with van der Waals surface area (Å²) in [4.78, 5) is 26.1. The van der Waals surface area contributed by atoms with Gasteiger partial charge in [-0.25, -0.2) is 0 Å². The number of esters is 1. The molecule has 0 aliphatic heterocycles. The normalized spacial score (nSPS) is 13.6. The van der Waals surface area contributed by atoms with Crippen molar-refractivity contribution in [2.75, 3.05) is 6.61 Å². The first-order chi connectivity index (χ1) is 30.0. The number of amides is 1. The van der Waals surface area contributed by atoms with Gasteiger partial charge in [0.05, 0.1) is 25.2 Å². The summed E-state index contributed by atoms with van der Waals surface area (Å²) in [6.45, 7) is 6.36. The standard InChI is InChI=1S/C55H101NO5/c1-4-7-10-13-16-19-22-25-27-28-29-32-35-38-41-44-47-53(58)52(50-57)56-54(59)49-51(46-43-40-37-34-31-24-21-18-15-12-9-6-3)61-55(60)48-45-42-39-36-33-30-26-23-20-17-14-11-8-5-2/h9,12,18,21,30-31,33-34,51-53,57-58H,4-8,10-11,13-17,19-20,22-29,32,35-50H2,1-3H3,(H,56,59)/b12-9+,21-18+,33-30-,34-31+. The number of hydrogen-bond acceptors (Lipinski definition) is 5. The summed E-state index contributed by atoms with van der Waals surface area (Å²) in [6, 6.07) is -0.716. The van der Waals surface area contributed by atoms with Crippen molar-refractivity contribution in [3.05, 3.63) is 48.6 Å². The van der Waals surface area contributed by atoms with E-state index in [9.17, 15) is 19.8 Å². The topological polar surface area (TPSA) is 95.9 Å². The molecule has 0 aromatic rings. The maximum absolute atomic E-state index is 13.2. The SMILES string of the molecule is CC/C=C/C/C=C/C/C=C/CCCCC(CC(=O)NC(CO)C(O)CCCCCCCCCCCCCCCCCC)OC(=O)CCCCC/C=C\CCCCCCCCC. The molecular formula is C55H101NO5. The summed E-state index contributed by atoms with van der Waals surface area (Å²) in [7, 11) is 0. The number of aliphatic hydroxyl groups excluding tert-OH is 2. The minimum absolute atomic E-state index is 0.0463. The Balaban J connectivity index is 4.56. The van der Waals surface area contributed by atoms with Crippen molar-refractivity contribution in [3.63, 3.8) is 0 Å². The van der Waals surface area contributed by atoms with Crippen molar-refractivity contribution in [1.29, 1.82) is 0 Å². The minimum Gasteiger partial charge on any atom is -0.462 e. The quantitative estimate of drug-likeness (QED) is 0.0322. The van der Waals surface area contributed by atoms with Crippen molar-refractivity contribution >= 4 is 11.9 Å². The fourth-order valence-electron chi connectivity index (χ4n) is 7.91. The van der Waals surface area contributed by atoms with Crippen LogP contribution in [0, 0.1) is 0 Å². The average molecular weight is 856 g/mol. The Morgan fingerprint density at radius 2 is 0.885 bits per heavy atom. The van der Waals surface area contributed by atoms with Gasteiger partial charge in [0.2, 0.25) is 5.91 Å². The monoisotopic (exact) mass is 856 g/mol. The molecule has 3 unspecified atom stereocenters. The van der Waals surface area contributed by atoms with Crippen LogP contribution in [0.4, 0.5) is 0 Å². The van der Waals surface area contributed by atoms with Gasteiger partial charge in [-0.1, -0.05) is 217 Å². The maximum Gasteiger partial charge on any atom is 0.306 e. The number of carbonyl (C=O) groups is 2. The average Bonchev–Trinajstić information content (AvgIpc) is 3.25. The van der Waals surface area contributed by atoms with E-state index in [2.05, 4.69) is 74.7 Å². The van der Waals surface area contributed by atoms with Crippen molar-refractivity contribution in [3.8, 4) is 0 Å². The number of allylic oxidation sites excluding steroid dienone is 8. The fraction of sp³-hybridized carbons (Fsp3) is 0.818. The van der Waals surface area contributed by atoms with Crippen LogP contribution >= 0.6 is 0 Å². The van der Waals surface area contributed by atoms with Gasteiger partial charge in [0.15, 0.2) is 0 Å². The highest BCUT2D eigenvalue weighted by molar-refractivity contribution is 5.77. The first kappa shape index (κ1) is 58.8. The largest absolute Gasteiger partial charge is 0.462 e. The van der Waals surface area contributed by atoms with Crippen molar-refractivity contribution in [2.24, 2.45) is 0 Å². The molecule has 356 valence electrons. The Hall–Kier alpha value is -2.18. The molecule has 0 aromatic heterocycles. The molecule has 3 atom stereocenters. The summed E-state index contributed by atoms with van der Waals surface area (Å²) < 4.78 is 5.90. The van der Waals surface area contributed by atoms with Gasteiger partial charge in [-0.05, 0) is 83.5 Å². The maximum atomic E-state index is 13.2. The molecule has 61 heavy (non-hydrogen) atoms. The molecule has 0 rings (SSSR count). The highest BCUT2D eigenvalue weighted by atomic mass is 16.5. The third kappa shape index (κ3) is 44.2. The van der Waals surface area contributed by atoms with Crippen LogP contribution in [0.25, 0.3) is 0 Å². The summed E-state index contributed by atoms with van der Waals surface area (Å²) in [5, 5.41) is 23.8. The zero-order valence-electron chi connectivity index (χ0n) is 40.5. The molecule has 0 spiro atoms. The third-order valence-corrected chi connectivity index (χ3v) is 11.9. The number of hydrogen-bond donors (Lipinski definition) is 3. The third-order valence-electron chi connectivity index (χ3n) is 11.9. The number of carbonyl (C=O) groups excluding carboxylic acids is 2. The van der Waals surface area contributed by atoms with Gasteiger partial charge in [-0.2, -0.15) is 0 Å². The van der Waals surface area contributed by atoms with Crippen LogP contribution in [-0.4, -0.2) is 46.9 Å². The summed E-state index contributed by atoms with van der Waals surface area (Å²) in [5.74, 6) is -0.526. The van der Waals surface area contributed by atoms with Crippen molar-refractivity contribution < 1.29 is 24.5 Å². The second-order valence-corrected chi connectivity index (χ2v) is 17.9. The van der Waals surface area contributed by atoms with Crippen molar-refractivity contribution in [2.45, 2.75) is 283 Å². The lowest BCUT2D eigenvalue weighted by atomic mass is 10.0. The number of rotatable bonds is 47. The van der Waals surface area contributed by atoms with E-state index in [1.54, 1.807) is 0 Å². The zero-order chi connectivity index (χ0) is 44.5. The van der Waals surface area contributed by atoms with Gasteiger partial charge < -0.3 is 20.3 Å². The Morgan fingerprint density at radius 3 is 1.38 bits per heavy atom. The lowest BCUT2D eigenvalue weighted by Gasteiger charge is -2.24. The highest BCUT2D eigenvalue weighted by Gasteiger charge is 2.24. The van der Waals surface area contributed by atoms with E-state index >= 15 is 0 Å². The van der Waals surface area contributed by atoms with E-state index in [1.807, 2.05) is 0 Å². The van der Waals surface area contributed by atoms with Crippen LogP contribution < -0.4 is 5.32 Å². The van der Waals surface area contributed by atoms with Gasteiger partial charge in [-0.3, -0.25) is 9.59 Å². The van der Waals surface area contributed by atoms with Crippen LogP contribution in [0.2, 0.25) is 0 Å². The van der Waals surface area contributed by atoms with E-state index in [0.29, 0.717) is 19.3 Å². The molecule has 3 N–H and O–H groups in total. The lowest BCUT2D eigenvalue weighted by Crippen LogP contribution is -2.46. The molecule has 0 aromatic carbocycles. The summed E-state index contributed by atoms with van der Waals surface area (Å²) >= 11 is 0. The molecule has 6 nitrogen and oxygen atoms in total. The molecule has 0 fully saturated rings. The van der Waals surface area contributed by atoms with Crippen molar-refractivity contribution in [1.82, 2.24) is 5.32 Å². The lowest BCUT2D eigenvalue weighted by molar-refractivity contribution is -0.151. The van der Waals surface area contributed by atoms with E-state index in [4.69, 9.17) is 4.74 Å². The Labute approximate surface area is 378 Å². The summed E-state index contributed by atoms with van der Waals surface area (Å²) in [6.07, 6.45) is 58.9. The fourth-order valence-corrected chi connectivity index (χ4v) is 7.91. The smallest absolute Gasteiger partial charge is 0.306 e. The second-order valence-electron chi connectivity index (χ2n) is 17.9. The van der Waals surface area contributed by atoms with E-state index in [-0.39, 0.29) is 24.9 Å². The van der Waals surface area contributed by atoms with Gasteiger partial charge in [0.1, 0.15) is 6.10 Å². The predicted molar refractivity (Wildman–Crippen MR) is 264 cm³/mol. The van der Waals surface area contributed by atoms with E-state index in [1.165, 1.54) is 128 Å². The van der Waals surface area contributed by atoms with Gasteiger partial charge >= 0.3 is 5.97 Å². The first-order valence-corrected chi connectivity index (χ1v) is 26.4. The summed E-state index contributed by atoms with van der Waals surface area (Å²) in [5.41, 5.74) is 0. The Morgan fingerprint density at radius 1 is 0.492 bits per heavy atom. The molecule has 0 saturated heterocycles. The molecule has 0 aliphatic carbocycles. The van der Waals surface area contributed by atoms with Crippen LogP contribution in [0.5, 0.6) is 0 Å². The molecule has 0 radical (unpaired) electrons. The minimum atomic E-state index is -0.800. The molecule has 0 heterocycles. The molecule has 0 saturated carbocycles. The number of ether oxygens (including phenoxy) is 1. The second kappa shape index (κ2) is 48.8. The number of aliphatic hydroxyl groups is 2. The number of nitrogens with one attached hydrogen (secondary N) is 1. The van der Waals surface area contributed by atoms with Crippen LogP contribution in [0.3, 0.4) is 0 Å². The van der Waals surface area contributed by atoms with Gasteiger partial charge in [0.25, 0.3) is 0 Å². The molecule has 1 amide bonds. The van der Waals surface area contributed by atoms with E-state index in [0.717, 1.165) is 89.9 Å². The molecule has 6 heteroatoms. The van der Waals surface area contributed by atoms with Gasteiger partial charge in [-0.15, -0.1) is 0 Å². The molecular weight excluding hydrogens is 755 g/mol. The Bertz CT molecular complexity index is 1050. The number of unbranched alkanes of at least 4 members (excludes halogenated alkanes) is 27. The molecule has 0 aliphatic rings. The van der Waals surface area contributed by atoms with Gasteiger partial charge in [0, 0.05) is 6.42 Å². The first-order valence-electron chi connectivity index (χ1n) is 26.4. The zero-order valence-corrected chi connectivity index (χ0v) is 40.5. The molecule has 0 bridgehead atoms. The Kier molecular flexibility index (Phi) is 47.1. The predicted octanol–water partition coefficient (Wildman–Crippen LogP) is 15.8. The van der Waals surface area contributed by atoms with Crippen LogP contribution in [0.15, 0.2) is 48.6 Å². The van der Waals surface area contributed by atoms with Crippen LogP contribution in [0.1, 0.15) is 265 Å². The van der Waals surface area contributed by atoms with E-state index < -0.39 is 18.2 Å².